The number of fused-ring (bicyclic) bond motifs is 1. The lowest BCUT2D eigenvalue weighted by atomic mass is 10.1. The number of nitrogens with one attached hydrogen (secondary N) is 1. The summed E-state index contributed by atoms with van der Waals surface area (Å²) in [5.74, 6) is 0.397. The van der Waals surface area contributed by atoms with Crippen LogP contribution in [-0.4, -0.2) is 31.7 Å². The van der Waals surface area contributed by atoms with Crippen molar-refractivity contribution >= 4 is 22.8 Å². The number of nitrogen functional groups attached to an aromatic ring is 1. The Morgan fingerprint density at radius 3 is 2.76 bits per heavy atom. The van der Waals surface area contributed by atoms with Gasteiger partial charge in [0.25, 0.3) is 5.91 Å². The Hall–Kier alpha value is -4.78. The molecule has 1 atom stereocenters. The Morgan fingerprint density at radius 2 is 2.05 bits per heavy atom. The first-order valence-corrected chi connectivity index (χ1v) is 11.9. The van der Waals surface area contributed by atoms with E-state index in [1.54, 1.807) is 41.9 Å². The molecule has 10 heteroatoms. The second kappa shape index (κ2) is 10.1. The van der Waals surface area contributed by atoms with Gasteiger partial charge in [-0.05, 0) is 49.9 Å². The zero-order valence-corrected chi connectivity index (χ0v) is 20.1. The molecule has 4 aromatic rings. The van der Waals surface area contributed by atoms with Gasteiger partial charge in [0.1, 0.15) is 46.8 Å². The molecule has 0 radical (unpaired) electrons. The lowest BCUT2D eigenvalue weighted by molar-refractivity contribution is -0.117. The summed E-state index contributed by atoms with van der Waals surface area (Å²) in [6.45, 7) is 2.01. The molecule has 2 heterocycles. The molecule has 3 N–H and O–H groups in total. The molecule has 0 spiro atoms. The highest BCUT2D eigenvalue weighted by Crippen LogP contribution is 2.34. The van der Waals surface area contributed by atoms with E-state index in [4.69, 9.17) is 10.5 Å². The van der Waals surface area contributed by atoms with E-state index in [-0.39, 0.29) is 29.2 Å². The first kappa shape index (κ1) is 23.9. The van der Waals surface area contributed by atoms with Crippen LogP contribution in [0.4, 0.5) is 10.2 Å². The van der Waals surface area contributed by atoms with Crippen LogP contribution in [0.3, 0.4) is 0 Å². The fraction of sp³-hybridized carbons (Fsp3) is 0.222. The second-order valence-corrected chi connectivity index (χ2v) is 8.95. The first-order chi connectivity index (χ1) is 17.9. The summed E-state index contributed by atoms with van der Waals surface area (Å²) in [6, 6.07) is 15.1. The molecule has 2 aromatic carbocycles. The third-order valence-corrected chi connectivity index (χ3v) is 5.95. The number of anilines is 1. The summed E-state index contributed by atoms with van der Waals surface area (Å²) in [5.41, 5.74) is 7.14. The van der Waals surface area contributed by atoms with Crippen LogP contribution in [0.15, 0.2) is 66.5 Å². The summed E-state index contributed by atoms with van der Waals surface area (Å²) in [7, 11) is 0. The summed E-state index contributed by atoms with van der Waals surface area (Å²) < 4.78 is 22.6. The second-order valence-electron chi connectivity index (χ2n) is 8.95. The lowest BCUT2D eigenvalue weighted by Gasteiger charge is -2.14. The highest BCUT2D eigenvalue weighted by atomic mass is 19.1. The quantitative estimate of drug-likeness (QED) is 0.273. The Bertz CT molecular complexity index is 1540. The molecule has 0 aliphatic heterocycles. The number of nitrogens with two attached hydrogens (primary N) is 1. The van der Waals surface area contributed by atoms with Crippen molar-refractivity contribution in [3.05, 3.63) is 72.3 Å². The van der Waals surface area contributed by atoms with E-state index >= 15 is 4.39 Å². The van der Waals surface area contributed by atoms with Gasteiger partial charge in [-0.3, -0.25) is 4.79 Å². The van der Waals surface area contributed by atoms with E-state index in [0.29, 0.717) is 28.5 Å². The fourth-order valence-corrected chi connectivity index (χ4v) is 3.99. The smallest absolute Gasteiger partial charge is 0.261 e. The van der Waals surface area contributed by atoms with Crippen molar-refractivity contribution in [1.82, 2.24) is 25.1 Å². The molecule has 1 unspecified atom stereocenters. The minimum atomic E-state index is -0.548. The SMILES string of the molecule is CC(Cn1nc(-c2ccc(Oc3ccccc3)cc2F)c2c(N)ncnc21)NC(=O)C(C#N)=CC1CC1. The normalized spacial score (nSPS) is 14.2. The van der Waals surface area contributed by atoms with Gasteiger partial charge in [0.15, 0.2) is 5.65 Å². The summed E-state index contributed by atoms with van der Waals surface area (Å²) in [5, 5.41) is 17.2. The Labute approximate surface area is 212 Å². The maximum Gasteiger partial charge on any atom is 0.261 e. The summed E-state index contributed by atoms with van der Waals surface area (Å²) in [4.78, 5) is 20.9. The molecule has 186 valence electrons. The van der Waals surface area contributed by atoms with E-state index in [1.807, 2.05) is 24.3 Å². The largest absolute Gasteiger partial charge is 0.457 e. The number of aromatic nitrogens is 4. The minimum absolute atomic E-state index is 0.104. The van der Waals surface area contributed by atoms with Crippen LogP contribution in [0.2, 0.25) is 0 Å². The molecule has 1 fully saturated rings. The Balaban J connectivity index is 1.42. The zero-order valence-electron chi connectivity index (χ0n) is 20.1. The van der Waals surface area contributed by atoms with Crippen LogP contribution in [0.5, 0.6) is 11.5 Å². The molecule has 1 aliphatic rings. The monoisotopic (exact) mass is 497 g/mol. The highest BCUT2D eigenvalue weighted by Gasteiger charge is 2.24. The van der Waals surface area contributed by atoms with E-state index in [9.17, 15) is 10.1 Å². The number of hydrogen-bond donors (Lipinski definition) is 2. The van der Waals surface area contributed by atoms with Crippen LogP contribution in [0.1, 0.15) is 19.8 Å². The van der Waals surface area contributed by atoms with Crippen LogP contribution in [0, 0.1) is 23.1 Å². The highest BCUT2D eigenvalue weighted by molar-refractivity contribution is 5.99. The predicted molar refractivity (Wildman–Crippen MR) is 136 cm³/mol. The zero-order chi connectivity index (χ0) is 25.9. The van der Waals surface area contributed by atoms with Gasteiger partial charge in [0.05, 0.1) is 11.9 Å². The average molecular weight is 498 g/mol. The van der Waals surface area contributed by atoms with Crippen molar-refractivity contribution in [3.63, 3.8) is 0 Å². The molecular weight excluding hydrogens is 473 g/mol. The number of nitriles is 1. The molecule has 1 aliphatic carbocycles. The van der Waals surface area contributed by atoms with Crippen molar-refractivity contribution in [2.24, 2.45) is 5.92 Å². The van der Waals surface area contributed by atoms with Gasteiger partial charge in [-0.2, -0.15) is 10.4 Å². The number of carbonyl (C=O) groups excluding carboxylic acids is 1. The third kappa shape index (κ3) is 5.26. The molecule has 37 heavy (non-hydrogen) atoms. The van der Waals surface area contributed by atoms with Crippen molar-refractivity contribution in [2.75, 3.05) is 5.73 Å². The van der Waals surface area contributed by atoms with Gasteiger partial charge in [-0.1, -0.05) is 24.3 Å². The molecule has 0 bridgehead atoms. The van der Waals surface area contributed by atoms with Crippen molar-refractivity contribution in [3.8, 4) is 28.8 Å². The number of carbonyl (C=O) groups is 1. The minimum Gasteiger partial charge on any atom is -0.457 e. The van der Waals surface area contributed by atoms with Crippen LogP contribution in [-0.2, 0) is 11.3 Å². The van der Waals surface area contributed by atoms with Gasteiger partial charge in [-0.15, -0.1) is 0 Å². The number of ether oxygens (including phenoxy) is 1. The fourth-order valence-electron chi connectivity index (χ4n) is 3.99. The number of allylic oxidation sites excluding steroid dienone is 1. The van der Waals surface area contributed by atoms with Gasteiger partial charge in [0.2, 0.25) is 0 Å². The molecule has 2 aromatic heterocycles. The first-order valence-electron chi connectivity index (χ1n) is 11.9. The van der Waals surface area contributed by atoms with Gasteiger partial charge in [-0.25, -0.2) is 19.0 Å². The van der Waals surface area contributed by atoms with E-state index in [2.05, 4.69) is 20.4 Å². The molecular formula is C27H24FN7O2. The molecule has 1 amide bonds. The molecule has 9 nitrogen and oxygen atoms in total. The summed E-state index contributed by atoms with van der Waals surface area (Å²) >= 11 is 0. The molecule has 5 rings (SSSR count). The number of nitrogens with zero attached hydrogens (tertiary/aromatic N) is 5. The Morgan fingerprint density at radius 1 is 1.27 bits per heavy atom. The molecule has 0 saturated heterocycles. The standard InChI is InChI=1S/C27H24FN7O2/c1-16(33-27(36)18(13-29)11-17-7-8-17)14-35-26-23(25(30)31-15-32-26)24(34-35)21-10-9-20(12-22(21)28)37-19-5-3-2-4-6-19/h2-6,9-12,15-17H,7-8,14H2,1H3,(H,33,36)(H2,30,31,32). The van der Waals surface area contributed by atoms with Crippen LogP contribution < -0.4 is 15.8 Å². The lowest BCUT2D eigenvalue weighted by Crippen LogP contribution is -2.36. The number of rotatable bonds is 8. The maximum atomic E-state index is 15.3. The van der Waals surface area contributed by atoms with E-state index in [1.165, 1.54) is 12.4 Å². The van der Waals surface area contributed by atoms with Crippen molar-refractivity contribution in [2.45, 2.75) is 32.4 Å². The van der Waals surface area contributed by atoms with Crippen molar-refractivity contribution < 1.29 is 13.9 Å². The number of amides is 1. The average Bonchev–Trinajstić information content (AvgIpc) is 3.63. The van der Waals surface area contributed by atoms with Crippen LogP contribution >= 0.6 is 0 Å². The number of halogens is 1. The van der Waals surface area contributed by atoms with Gasteiger partial charge < -0.3 is 15.8 Å². The third-order valence-electron chi connectivity index (χ3n) is 5.95. The number of hydrogen-bond acceptors (Lipinski definition) is 7. The topological polar surface area (TPSA) is 132 Å². The Kier molecular flexibility index (Phi) is 6.51. The predicted octanol–water partition coefficient (Wildman–Crippen LogP) is 4.37. The number of para-hydroxylation sites is 1. The number of benzene rings is 2. The van der Waals surface area contributed by atoms with E-state index in [0.717, 1.165) is 12.8 Å². The van der Waals surface area contributed by atoms with Crippen molar-refractivity contribution in [1.29, 1.82) is 5.26 Å². The van der Waals surface area contributed by atoms with E-state index < -0.39 is 17.8 Å². The van der Waals surface area contributed by atoms with Crippen LogP contribution in [0.25, 0.3) is 22.3 Å². The molecule has 1 saturated carbocycles. The van der Waals surface area contributed by atoms with Gasteiger partial charge >= 0.3 is 0 Å². The summed E-state index contributed by atoms with van der Waals surface area (Å²) in [6.07, 6.45) is 5.01. The maximum absolute atomic E-state index is 15.3. The van der Waals surface area contributed by atoms with Gasteiger partial charge in [0, 0.05) is 17.7 Å².